The molecule has 1 aliphatic rings. The molecule has 2 rings (SSSR count). The fraction of sp³-hybridized carbons (Fsp3) is 0.312. The molecule has 7 nitrogen and oxygen atoms in total. The highest BCUT2D eigenvalue weighted by Crippen LogP contribution is 2.42. The van der Waals surface area contributed by atoms with Gasteiger partial charge in [-0.25, -0.2) is 0 Å². The van der Waals surface area contributed by atoms with Crippen LogP contribution in [0.4, 0.5) is 0 Å². The third kappa shape index (κ3) is 2.77. The van der Waals surface area contributed by atoms with E-state index in [-0.39, 0.29) is 28.2 Å². The number of hydrogen-bond acceptors (Lipinski definition) is 7. The van der Waals surface area contributed by atoms with Gasteiger partial charge >= 0.3 is 5.97 Å². The van der Waals surface area contributed by atoms with Crippen LogP contribution in [0.15, 0.2) is 17.9 Å². The molecule has 0 saturated carbocycles. The van der Waals surface area contributed by atoms with Gasteiger partial charge in [-0.15, -0.1) is 0 Å². The Balaban J connectivity index is 2.68. The smallest absolute Gasteiger partial charge is 0.303 e. The second-order valence-corrected chi connectivity index (χ2v) is 4.92. The van der Waals surface area contributed by atoms with Crippen LogP contribution in [-0.4, -0.2) is 36.9 Å². The predicted octanol–water partition coefficient (Wildman–Crippen LogP) is 1.93. The number of phenols is 1. The molecule has 1 aliphatic carbocycles. The van der Waals surface area contributed by atoms with E-state index in [1.165, 1.54) is 34.1 Å². The molecule has 0 unspecified atom stereocenters. The van der Waals surface area contributed by atoms with Crippen LogP contribution in [0.3, 0.4) is 0 Å². The normalized spacial score (nSPS) is 14.7. The van der Waals surface area contributed by atoms with Gasteiger partial charge in [-0.05, 0) is 13.0 Å². The first kappa shape index (κ1) is 16.5. The van der Waals surface area contributed by atoms with Crippen molar-refractivity contribution in [2.24, 2.45) is 0 Å². The van der Waals surface area contributed by atoms with Crippen LogP contribution in [0.1, 0.15) is 46.2 Å². The van der Waals surface area contributed by atoms with E-state index in [0.717, 1.165) is 6.08 Å². The number of phenolic OH excluding ortho intramolecular Hbond substituents is 1. The van der Waals surface area contributed by atoms with Crippen molar-refractivity contribution in [3.8, 4) is 11.5 Å². The Morgan fingerprint density at radius 2 is 1.87 bits per heavy atom. The molecule has 0 fully saturated rings. The minimum absolute atomic E-state index is 0.0255. The van der Waals surface area contributed by atoms with E-state index in [1.807, 2.05) is 0 Å². The molecular weight excluding hydrogens is 304 g/mol. The lowest BCUT2D eigenvalue weighted by Gasteiger charge is -2.22. The Hall–Kier alpha value is -2.83. The molecule has 122 valence electrons. The average molecular weight is 320 g/mol. The largest absolute Gasteiger partial charge is 0.507 e. The zero-order valence-electron chi connectivity index (χ0n) is 13.1. The number of ether oxygens (including phenoxy) is 3. The zero-order chi connectivity index (χ0) is 17.3. The Morgan fingerprint density at radius 1 is 1.22 bits per heavy atom. The molecular formula is C16H16O7. The number of ketones is 2. The maximum Gasteiger partial charge on any atom is 0.303 e. The standard InChI is InChI=1S/C16H16O7/c1-7(23-8(2)17)13-11(21-3)5-9-14(16(13)20)10(18)6-12(22-4)15(9)19/h5-7,20H,1-4H3/t7-/m0/s1. The molecule has 0 saturated heterocycles. The topological polar surface area (TPSA) is 99.1 Å². The minimum Gasteiger partial charge on any atom is -0.507 e. The second-order valence-electron chi connectivity index (χ2n) is 4.92. The Morgan fingerprint density at radius 3 is 2.39 bits per heavy atom. The third-order valence-corrected chi connectivity index (χ3v) is 3.47. The summed E-state index contributed by atoms with van der Waals surface area (Å²) >= 11 is 0. The average Bonchev–Trinajstić information content (AvgIpc) is 2.48. The Labute approximate surface area is 132 Å². The van der Waals surface area contributed by atoms with Crippen molar-refractivity contribution in [2.45, 2.75) is 20.0 Å². The fourth-order valence-corrected chi connectivity index (χ4v) is 2.50. The number of benzene rings is 1. The number of rotatable bonds is 4. The molecule has 0 amide bonds. The molecule has 0 aromatic heterocycles. The van der Waals surface area contributed by atoms with E-state index in [0.29, 0.717) is 0 Å². The molecule has 0 spiro atoms. The van der Waals surface area contributed by atoms with Crippen molar-refractivity contribution < 1.29 is 33.7 Å². The van der Waals surface area contributed by atoms with Crippen molar-refractivity contribution in [1.29, 1.82) is 0 Å². The number of allylic oxidation sites excluding steroid dienone is 2. The maximum atomic E-state index is 12.3. The summed E-state index contributed by atoms with van der Waals surface area (Å²) in [6.07, 6.45) is 0.153. The van der Waals surface area contributed by atoms with Crippen molar-refractivity contribution in [1.82, 2.24) is 0 Å². The summed E-state index contributed by atoms with van der Waals surface area (Å²) in [6.45, 7) is 2.75. The van der Waals surface area contributed by atoms with Gasteiger partial charge in [-0.2, -0.15) is 0 Å². The maximum absolute atomic E-state index is 12.3. The molecule has 0 aliphatic heterocycles. The summed E-state index contributed by atoms with van der Waals surface area (Å²) in [7, 11) is 2.61. The summed E-state index contributed by atoms with van der Waals surface area (Å²) in [4.78, 5) is 35.6. The number of aromatic hydroxyl groups is 1. The van der Waals surface area contributed by atoms with Crippen molar-refractivity contribution in [3.05, 3.63) is 34.6 Å². The van der Waals surface area contributed by atoms with E-state index in [1.54, 1.807) is 0 Å². The van der Waals surface area contributed by atoms with Gasteiger partial charge in [0.05, 0.1) is 25.3 Å². The molecule has 1 N–H and O–H groups in total. The number of carbonyl (C=O) groups is 3. The first-order valence-corrected chi connectivity index (χ1v) is 6.77. The number of Topliss-reactive ketones (excluding diaryl/α,β-unsaturated/α-hetero) is 1. The fourth-order valence-electron chi connectivity index (χ4n) is 2.50. The summed E-state index contributed by atoms with van der Waals surface area (Å²) in [6, 6.07) is 1.33. The molecule has 7 heteroatoms. The van der Waals surface area contributed by atoms with Gasteiger partial charge in [-0.1, -0.05) is 0 Å². The number of esters is 1. The first-order valence-electron chi connectivity index (χ1n) is 6.77. The number of hydrogen-bond donors (Lipinski definition) is 1. The van der Waals surface area contributed by atoms with E-state index >= 15 is 0 Å². The number of carbonyl (C=O) groups excluding carboxylic acids is 3. The predicted molar refractivity (Wildman–Crippen MR) is 78.6 cm³/mol. The SMILES string of the molecule is COC1=CC(=O)c2c(cc(OC)c([C@H](C)OC(C)=O)c2O)C1=O. The van der Waals surface area contributed by atoms with E-state index in [9.17, 15) is 19.5 Å². The monoisotopic (exact) mass is 320 g/mol. The van der Waals surface area contributed by atoms with E-state index in [4.69, 9.17) is 14.2 Å². The molecule has 0 heterocycles. The highest BCUT2D eigenvalue weighted by molar-refractivity contribution is 6.25. The molecule has 0 bridgehead atoms. The van der Waals surface area contributed by atoms with Gasteiger partial charge in [0, 0.05) is 18.6 Å². The van der Waals surface area contributed by atoms with Gasteiger partial charge in [0.25, 0.3) is 0 Å². The van der Waals surface area contributed by atoms with Crippen LogP contribution >= 0.6 is 0 Å². The number of methoxy groups -OCH3 is 2. The van der Waals surface area contributed by atoms with Crippen LogP contribution in [0.2, 0.25) is 0 Å². The van der Waals surface area contributed by atoms with Gasteiger partial charge in [0.15, 0.2) is 11.5 Å². The van der Waals surface area contributed by atoms with E-state index < -0.39 is 29.4 Å². The lowest BCUT2D eigenvalue weighted by Crippen LogP contribution is -2.20. The summed E-state index contributed by atoms with van der Waals surface area (Å²) < 4.78 is 15.1. The van der Waals surface area contributed by atoms with Crippen molar-refractivity contribution in [3.63, 3.8) is 0 Å². The van der Waals surface area contributed by atoms with Gasteiger partial charge in [0.1, 0.15) is 17.6 Å². The van der Waals surface area contributed by atoms with Gasteiger partial charge < -0.3 is 19.3 Å². The second kappa shape index (κ2) is 6.12. The quantitative estimate of drug-likeness (QED) is 0.846. The highest BCUT2D eigenvalue weighted by atomic mass is 16.5. The molecule has 23 heavy (non-hydrogen) atoms. The van der Waals surface area contributed by atoms with Crippen LogP contribution in [0.25, 0.3) is 0 Å². The number of fused-ring (bicyclic) bond motifs is 1. The molecule has 0 radical (unpaired) electrons. The Kier molecular flexibility index (Phi) is 4.40. The highest BCUT2D eigenvalue weighted by Gasteiger charge is 2.34. The third-order valence-electron chi connectivity index (χ3n) is 3.47. The van der Waals surface area contributed by atoms with Crippen LogP contribution in [-0.2, 0) is 14.3 Å². The van der Waals surface area contributed by atoms with Crippen LogP contribution in [0, 0.1) is 0 Å². The van der Waals surface area contributed by atoms with Gasteiger partial charge in [-0.3, -0.25) is 14.4 Å². The summed E-state index contributed by atoms with van der Waals surface area (Å²) in [5.74, 6) is -2.10. The summed E-state index contributed by atoms with van der Waals surface area (Å²) in [5.41, 5.74) is -0.0649. The molecule has 1 aromatic carbocycles. The first-order chi connectivity index (χ1) is 10.8. The Bertz CT molecular complexity index is 730. The van der Waals surface area contributed by atoms with E-state index in [2.05, 4.69) is 0 Å². The van der Waals surface area contributed by atoms with Crippen LogP contribution in [0.5, 0.6) is 11.5 Å². The minimum atomic E-state index is -0.858. The van der Waals surface area contributed by atoms with Gasteiger partial charge in [0.2, 0.25) is 5.78 Å². The lowest BCUT2D eigenvalue weighted by molar-refractivity contribution is -0.145. The van der Waals surface area contributed by atoms with Crippen LogP contribution < -0.4 is 4.74 Å². The lowest BCUT2D eigenvalue weighted by atomic mass is 9.89. The van der Waals surface area contributed by atoms with Crippen molar-refractivity contribution in [2.75, 3.05) is 14.2 Å². The molecule has 1 aromatic rings. The zero-order valence-corrected chi connectivity index (χ0v) is 13.1. The molecule has 1 atom stereocenters. The van der Waals surface area contributed by atoms with Crippen molar-refractivity contribution >= 4 is 17.5 Å². The summed E-state index contributed by atoms with van der Waals surface area (Å²) in [5, 5.41) is 10.5.